The van der Waals surface area contributed by atoms with Gasteiger partial charge in [-0.3, -0.25) is 29.0 Å². The molecule has 2 aromatic carbocycles. The number of anilines is 1. The van der Waals surface area contributed by atoms with Crippen LogP contribution in [0, 0.1) is 11.8 Å². The second kappa shape index (κ2) is 22.2. The van der Waals surface area contributed by atoms with Gasteiger partial charge in [0.1, 0.15) is 22.9 Å². The lowest BCUT2D eigenvalue weighted by molar-refractivity contribution is -0.128. The van der Waals surface area contributed by atoms with Crippen LogP contribution in [0.1, 0.15) is 86.7 Å². The SMILES string of the molecule is O=C(NC[C@@H](O)CN1CCc2cc(CC3CC(C(=O)Nc4ccc5nc(C(=O)NC[C@@H](O)CN6CCc7ccccc7C6)cn5c4)CCO3)ccc2C1)c1cn2c(n1)CCC(NC(=O)C1CCOCC1)C2. The third kappa shape index (κ3) is 12.2. The van der Waals surface area contributed by atoms with E-state index in [4.69, 9.17) is 9.47 Å². The zero-order chi connectivity index (χ0) is 48.8. The van der Waals surface area contributed by atoms with Gasteiger partial charge in [-0.25, -0.2) is 9.97 Å². The van der Waals surface area contributed by atoms with Gasteiger partial charge in [0.15, 0.2) is 0 Å². The van der Waals surface area contributed by atoms with Crippen LogP contribution in [0.4, 0.5) is 5.69 Å². The minimum absolute atomic E-state index is 0.00652. The van der Waals surface area contributed by atoms with Crippen molar-refractivity contribution in [3.63, 3.8) is 0 Å². The molecule has 2 fully saturated rings. The van der Waals surface area contributed by atoms with Crippen LogP contribution in [0.2, 0.25) is 0 Å². The topological polar surface area (TPSA) is 217 Å². The third-order valence-electron chi connectivity index (χ3n) is 14.8. The average molecular weight is 971 g/mol. The second-order valence-electron chi connectivity index (χ2n) is 20.1. The zero-order valence-electron chi connectivity index (χ0n) is 40.3. The number of benzene rings is 2. The second-order valence-corrected chi connectivity index (χ2v) is 20.1. The average Bonchev–Trinajstić information content (AvgIpc) is 4.02. The monoisotopic (exact) mass is 971 g/mol. The molecular formula is C53H66N10O8. The largest absolute Gasteiger partial charge is 0.390 e. The number of amides is 4. The number of aliphatic hydroxyl groups excluding tert-OH is 2. The summed E-state index contributed by atoms with van der Waals surface area (Å²) >= 11 is 0. The van der Waals surface area contributed by atoms with Gasteiger partial charge in [-0.1, -0.05) is 42.5 Å². The highest BCUT2D eigenvalue weighted by Gasteiger charge is 2.31. The summed E-state index contributed by atoms with van der Waals surface area (Å²) in [5.74, 6) is -0.0953. The summed E-state index contributed by atoms with van der Waals surface area (Å²) in [6, 6.07) is 18.4. The van der Waals surface area contributed by atoms with Crippen LogP contribution in [0.15, 0.2) is 73.2 Å². The molecule has 10 rings (SSSR count). The molecular weight excluding hydrogens is 905 g/mol. The highest BCUT2D eigenvalue weighted by atomic mass is 16.5. The Labute approximate surface area is 413 Å². The number of aryl methyl sites for hydroxylation is 1. The first-order valence-electron chi connectivity index (χ1n) is 25.4. The molecule has 18 nitrogen and oxygen atoms in total. The van der Waals surface area contributed by atoms with Gasteiger partial charge in [0, 0.05) is 122 Å². The number of imidazole rings is 2. The van der Waals surface area contributed by atoms with Crippen molar-refractivity contribution in [1.82, 2.24) is 44.7 Å². The Morgan fingerprint density at radius 3 is 2.15 bits per heavy atom. The standard InChI is InChI=1S/C53H66N10O8/c64-43(30-60-16-11-35-3-1-2-4-39(35)26-60)24-54-53(69)47-33-63-29-42(8-10-49(63)59-47)57-51(67)38-15-20-71-45(23-38)22-34-5-6-40-27-61(17-12-37(40)21-34)31-44(65)25-55-52(68)46-32-62-28-41(7-9-48(62)58-46)56-50(66)36-13-18-70-19-14-36/h1-6,8,10,21,29,32-33,36,38,41,43-45,64-65H,7,9,11-20,22-28,30-31H2,(H,54,69)(H,55,68)(H,56,66)(H,57,67)/t38?,41?,43-,44-,45?/m1/s1. The van der Waals surface area contributed by atoms with Gasteiger partial charge in [-0.15, -0.1) is 0 Å². The zero-order valence-corrected chi connectivity index (χ0v) is 40.3. The number of rotatable bonds is 16. The maximum absolute atomic E-state index is 13.6. The number of ether oxygens (including phenoxy) is 2. The molecule has 0 bridgehead atoms. The number of nitrogens with zero attached hydrogens (tertiary/aromatic N) is 6. The van der Waals surface area contributed by atoms with Crippen LogP contribution >= 0.6 is 0 Å². The fraction of sp³-hybridized carbons (Fsp3) is 0.509. The minimum Gasteiger partial charge on any atom is -0.390 e. The molecule has 71 heavy (non-hydrogen) atoms. The van der Waals surface area contributed by atoms with Crippen LogP contribution in [0.3, 0.4) is 0 Å². The normalized spacial score (nSPS) is 21.6. The van der Waals surface area contributed by atoms with Gasteiger partial charge < -0.3 is 49.9 Å². The summed E-state index contributed by atoms with van der Waals surface area (Å²) in [6.07, 6.45) is 10.2. The van der Waals surface area contributed by atoms with Crippen molar-refractivity contribution < 1.29 is 38.9 Å². The molecule has 0 saturated carbocycles. The van der Waals surface area contributed by atoms with Crippen LogP contribution in [-0.4, -0.2) is 146 Å². The van der Waals surface area contributed by atoms with E-state index in [0.717, 1.165) is 63.1 Å². The smallest absolute Gasteiger partial charge is 0.271 e. The molecule has 5 atom stereocenters. The van der Waals surface area contributed by atoms with E-state index in [1.807, 2.05) is 10.6 Å². The number of nitrogens with one attached hydrogen (secondary N) is 4. The maximum Gasteiger partial charge on any atom is 0.271 e. The maximum atomic E-state index is 13.6. The molecule has 0 aliphatic carbocycles. The number of carbonyl (C=O) groups is 4. The Balaban J connectivity index is 0.640. The number of hydrogen-bond acceptors (Lipinski definition) is 12. The van der Waals surface area contributed by atoms with Gasteiger partial charge in [0.05, 0.1) is 24.0 Å². The van der Waals surface area contributed by atoms with Gasteiger partial charge in [0.2, 0.25) is 11.8 Å². The van der Waals surface area contributed by atoms with Crippen LogP contribution < -0.4 is 21.3 Å². The van der Waals surface area contributed by atoms with E-state index >= 15 is 0 Å². The van der Waals surface area contributed by atoms with Gasteiger partial charge >= 0.3 is 0 Å². The molecule has 4 amide bonds. The van der Waals surface area contributed by atoms with E-state index in [-0.39, 0.29) is 66.4 Å². The fourth-order valence-corrected chi connectivity index (χ4v) is 10.9. The van der Waals surface area contributed by atoms with E-state index in [1.54, 1.807) is 35.1 Å². The molecule has 0 spiro atoms. The van der Waals surface area contributed by atoms with Crippen LogP contribution in [0.5, 0.6) is 0 Å². The first kappa shape index (κ1) is 48.6. The number of pyridine rings is 1. The Morgan fingerprint density at radius 1 is 0.704 bits per heavy atom. The minimum atomic E-state index is -0.753. The van der Waals surface area contributed by atoms with E-state index in [2.05, 4.69) is 77.4 Å². The Morgan fingerprint density at radius 2 is 1.39 bits per heavy atom. The first-order chi connectivity index (χ1) is 34.5. The summed E-state index contributed by atoms with van der Waals surface area (Å²) < 4.78 is 15.2. The summed E-state index contributed by atoms with van der Waals surface area (Å²) in [4.78, 5) is 65.9. The van der Waals surface area contributed by atoms with Gasteiger partial charge in [0.25, 0.3) is 11.8 Å². The number of carbonyl (C=O) groups excluding carboxylic acids is 4. The summed E-state index contributed by atoms with van der Waals surface area (Å²) in [7, 11) is 0. The van der Waals surface area contributed by atoms with Crippen LogP contribution in [-0.2, 0) is 64.4 Å². The summed E-state index contributed by atoms with van der Waals surface area (Å²) in [6.45, 7) is 6.53. The predicted octanol–water partition coefficient (Wildman–Crippen LogP) is 2.66. The van der Waals surface area contributed by atoms with Gasteiger partial charge in [-0.05, 0) is 91.3 Å². The molecule has 2 saturated heterocycles. The van der Waals surface area contributed by atoms with E-state index in [1.165, 1.54) is 22.3 Å². The predicted molar refractivity (Wildman–Crippen MR) is 264 cm³/mol. The molecule has 0 radical (unpaired) electrons. The number of fused-ring (bicyclic) bond motifs is 4. The molecule has 8 heterocycles. The van der Waals surface area contributed by atoms with Crippen LogP contribution in [0.25, 0.3) is 5.65 Å². The summed E-state index contributed by atoms with van der Waals surface area (Å²) in [5.41, 5.74) is 7.98. The molecule has 3 aromatic heterocycles. The van der Waals surface area contributed by atoms with Crippen molar-refractivity contribution in [3.8, 4) is 0 Å². The van der Waals surface area contributed by atoms with Crippen molar-refractivity contribution in [2.24, 2.45) is 11.8 Å². The molecule has 18 heteroatoms. The highest BCUT2D eigenvalue weighted by molar-refractivity contribution is 5.94. The molecule has 5 aliphatic rings. The Hall–Kier alpha value is -6.02. The van der Waals surface area contributed by atoms with E-state index < -0.39 is 12.2 Å². The Kier molecular flexibility index (Phi) is 15.2. The molecule has 3 unspecified atom stereocenters. The fourth-order valence-electron chi connectivity index (χ4n) is 10.9. The van der Waals surface area contributed by atoms with Crippen molar-refractivity contribution in [2.45, 2.75) is 102 Å². The van der Waals surface area contributed by atoms with Crippen molar-refractivity contribution in [1.29, 1.82) is 0 Å². The van der Waals surface area contributed by atoms with Crippen molar-refractivity contribution >= 4 is 35.0 Å². The molecule has 5 aliphatic heterocycles. The van der Waals surface area contributed by atoms with E-state index in [0.29, 0.717) is 88.7 Å². The molecule has 376 valence electrons. The van der Waals surface area contributed by atoms with Crippen molar-refractivity contribution in [2.75, 3.05) is 64.4 Å². The number of β-amino-alcohol motifs (C(OH)–C–C–N with tert-alkyl or cyclic N) is 2. The quantitative estimate of drug-likeness (QED) is 0.0842. The highest BCUT2D eigenvalue weighted by Crippen LogP contribution is 2.28. The van der Waals surface area contributed by atoms with Crippen molar-refractivity contribution in [3.05, 3.63) is 118 Å². The summed E-state index contributed by atoms with van der Waals surface area (Å²) in [5, 5.41) is 33.6. The number of aromatic nitrogens is 4. The molecule has 5 aromatic rings. The first-order valence-corrected chi connectivity index (χ1v) is 25.4. The lowest BCUT2D eigenvalue weighted by Gasteiger charge is -2.31. The van der Waals surface area contributed by atoms with Gasteiger partial charge in [-0.2, -0.15) is 0 Å². The Bertz CT molecular complexity index is 2720. The number of hydrogen-bond donors (Lipinski definition) is 6. The third-order valence-corrected chi connectivity index (χ3v) is 14.8. The lowest BCUT2D eigenvalue weighted by atomic mass is 9.90. The molecule has 6 N–H and O–H groups in total. The number of aliphatic hydroxyl groups is 2. The lowest BCUT2D eigenvalue weighted by Crippen LogP contribution is -2.44. The van der Waals surface area contributed by atoms with E-state index in [9.17, 15) is 29.4 Å².